The molecule has 0 saturated carbocycles. The van der Waals surface area contributed by atoms with E-state index in [4.69, 9.17) is 11.6 Å². The molecule has 3 rings (SSSR count). The van der Waals surface area contributed by atoms with Gasteiger partial charge in [0, 0.05) is 5.56 Å². The molecule has 0 aliphatic rings. The molecule has 0 saturated heterocycles. The third-order valence-corrected chi connectivity index (χ3v) is 3.66. The molecule has 0 unspecified atom stereocenters. The van der Waals surface area contributed by atoms with Crippen molar-refractivity contribution in [3.63, 3.8) is 0 Å². The number of hydrogen-bond donors (Lipinski definition) is 0. The zero-order valence-corrected chi connectivity index (χ0v) is 12.2. The molecule has 0 N–H and O–H groups in total. The second kappa shape index (κ2) is 5.04. The number of fused-ring (bicyclic) bond motifs is 1. The van der Waals surface area contributed by atoms with E-state index >= 15 is 0 Å². The molecule has 3 aromatic rings. The normalized spacial score (nSPS) is 11.1. The largest absolute Gasteiger partial charge is 0.227 e. The molecule has 106 valence electrons. The van der Waals surface area contributed by atoms with Crippen LogP contribution in [-0.4, -0.2) is 9.97 Å². The van der Waals surface area contributed by atoms with Gasteiger partial charge in [0.1, 0.15) is 16.8 Å². The van der Waals surface area contributed by atoms with Gasteiger partial charge >= 0.3 is 0 Å². The number of rotatable bonds is 1. The number of nitrogens with zero attached hydrogens (tertiary/aromatic N) is 2. The Morgan fingerprint density at radius 2 is 1.71 bits per heavy atom. The number of aromatic nitrogens is 2. The monoisotopic (exact) mass is 304 g/mol. The minimum absolute atomic E-state index is 0.0555. The van der Waals surface area contributed by atoms with Crippen LogP contribution in [0.2, 0.25) is 5.15 Å². The first-order valence-corrected chi connectivity index (χ1v) is 6.74. The van der Waals surface area contributed by atoms with Crippen LogP contribution >= 0.6 is 11.6 Å². The molecule has 0 spiro atoms. The third kappa shape index (κ3) is 2.36. The van der Waals surface area contributed by atoms with Crippen molar-refractivity contribution < 1.29 is 8.78 Å². The van der Waals surface area contributed by atoms with Gasteiger partial charge in [0.05, 0.1) is 10.9 Å². The quantitative estimate of drug-likeness (QED) is 0.601. The van der Waals surface area contributed by atoms with Gasteiger partial charge in [-0.25, -0.2) is 18.7 Å². The SMILES string of the molecule is Cc1cc(F)ccc1-c1nc(Cl)c2c(F)ccc(C)c2n1. The minimum Gasteiger partial charge on any atom is -0.227 e. The van der Waals surface area contributed by atoms with Crippen LogP contribution in [0.15, 0.2) is 30.3 Å². The van der Waals surface area contributed by atoms with Crippen LogP contribution in [0.5, 0.6) is 0 Å². The van der Waals surface area contributed by atoms with E-state index in [-0.39, 0.29) is 16.4 Å². The molecular formula is C16H11ClF2N2. The van der Waals surface area contributed by atoms with Crippen LogP contribution in [0.1, 0.15) is 11.1 Å². The fourth-order valence-corrected chi connectivity index (χ4v) is 2.55. The maximum absolute atomic E-state index is 13.9. The van der Waals surface area contributed by atoms with Gasteiger partial charge in [-0.15, -0.1) is 0 Å². The Hall–Kier alpha value is -2.07. The summed E-state index contributed by atoms with van der Waals surface area (Å²) >= 11 is 6.11. The molecule has 21 heavy (non-hydrogen) atoms. The first kappa shape index (κ1) is 13.9. The van der Waals surface area contributed by atoms with Crippen LogP contribution in [0.3, 0.4) is 0 Å². The molecule has 0 radical (unpaired) electrons. The fraction of sp³-hybridized carbons (Fsp3) is 0.125. The van der Waals surface area contributed by atoms with E-state index in [0.29, 0.717) is 22.5 Å². The number of benzene rings is 2. The summed E-state index contributed by atoms with van der Waals surface area (Å²) in [7, 11) is 0. The fourth-order valence-electron chi connectivity index (χ4n) is 2.29. The molecule has 0 fully saturated rings. The van der Waals surface area contributed by atoms with Gasteiger partial charge in [-0.2, -0.15) is 0 Å². The highest BCUT2D eigenvalue weighted by Crippen LogP contribution is 2.30. The van der Waals surface area contributed by atoms with E-state index in [1.54, 1.807) is 19.1 Å². The van der Waals surface area contributed by atoms with Crippen molar-refractivity contribution in [2.24, 2.45) is 0 Å². The van der Waals surface area contributed by atoms with Crippen molar-refractivity contribution in [1.82, 2.24) is 9.97 Å². The van der Waals surface area contributed by atoms with Crippen molar-refractivity contribution in [1.29, 1.82) is 0 Å². The number of halogens is 3. The summed E-state index contributed by atoms with van der Waals surface area (Å²) in [5.41, 5.74) is 2.63. The van der Waals surface area contributed by atoms with Gasteiger partial charge in [0.2, 0.25) is 0 Å². The predicted octanol–water partition coefficient (Wildman–Crippen LogP) is 4.85. The summed E-state index contributed by atoms with van der Waals surface area (Å²) in [5.74, 6) is -0.424. The van der Waals surface area contributed by atoms with E-state index < -0.39 is 5.82 Å². The third-order valence-electron chi connectivity index (χ3n) is 3.39. The molecule has 2 aromatic carbocycles. The van der Waals surface area contributed by atoms with Crippen LogP contribution in [0, 0.1) is 25.5 Å². The first-order valence-electron chi connectivity index (χ1n) is 6.36. The van der Waals surface area contributed by atoms with Gasteiger partial charge in [-0.3, -0.25) is 0 Å². The van der Waals surface area contributed by atoms with E-state index in [0.717, 1.165) is 5.56 Å². The highest BCUT2D eigenvalue weighted by molar-refractivity contribution is 6.34. The Balaban J connectivity index is 2.33. The van der Waals surface area contributed by atoms with Gasteiger partial charge in [-0.1, -0.05) is 17.7 Å². The zero-order valence-electron chi connectivity index (χ0n) is 11.4. The van der Waals surface area contributed by atoms with E-state index in [1.807, 2.05) is 6.92 Å². The molecule has 0 aliphatic heterocycles. The van der Waals surface area contributed by atoms with Crippen LogP contribution < -0.4 is 0 Å². The molecule has 2 nitrogen and oxygen atoms in total. The van der Waals surface area contributed by atoms with Crippen LogP contribution in [-0.2, 0) is 0 Å². The Kier molecular flexibility index (Phi) is 3.33. The van der Waals surface area contributed by atoms with Gasteiger partial charge < -0.3 is 0 Å². The molecule has 1 heterocycles. The van der Waals surface area contributed by atoms with Crippen LogP contribution in [0.25, 0.3) is 22.3 Å². The maximum Gasteiger partial charge on any atom is 0.161 e. The molecule has 5 heteroatoms. The standard InChI is InChI=1S/C16H11ClF2N2/c1-8-3-6-12(19)13-14(8)20-16(21-15(13)17)11-5-4-10(18)7-9(11)2/h3-7H,1-2H3. The molecule has 0 bridgehead atoms. The van der Waals surface area contributed by atoms with Gasteiger partial charge in [0.25, 0.3) is 0 Å². The second-order valence-corrected chi connectivity index (χ2v) is 5.24. The lowest BCUT2D eigenvalue weighted by molar-refractivity contribution is 0.627. The highest BCUT2D eigenvalue weighted by atomic mass is 35.5. The summed E-state index contributed by atoms with van der Waals surface area (Å²) in [6.07, 6.45) is 0. The average Bonchev–Trinajstić information content (AvgIpc) is 2.42. The van der Waals surface area contributed by atoms with Crippen molar-refractivity contribution in [2.75, 3.05) is 0 Å². The predicted molar refractivity (Wildman–Crippen MR) is 79.4 cm³/mol. The Morgan fingerprint density at radius 3 is 2.43 bits per heavy atom. The van der Waals surface area contributed by atoms with Gasteiger partial charge in [-0.05, 0) is 49.2 Å². The Bertz CT molecular complexity index is 863. The number of hydrogen-bond acceptors (Lipinski definition) is 2. The summed E-state index contributed by atoms with van der Waals surface area (Å²) in [4.78, 5) is 8.56. The smallest absolute Gasteiger partial charge is 0.161 e. The number of aryl methyl sites for hydroxylation is 2. The minimum atomic E-state index is -0.456. The average molecular weight is 305 g/mol. The Morgan fingerprint density at radius 1 is 0.952 bits per heavy atom. The lowest BCUT2D eigenvalue weighted by Gasteiger charge is -2.09. The van der Waals surface area contributed by atoms with Crippen molar-refractivity contribution in [3.05, 3.63) is 58.2 Å². The summed E-state index contributed by atoms with van der Waals surface area (Å²) in [6, 6.07) is 7.31. The maximum atomic E-state index is 13.9. The molecule has 0 aliphatic carbocycles. The summed E-state index contributed by atoms with van der Waals surface area (Å²) in [5, 5.41) is 0.264. The first-order chi connectivity index (χ1) is 9.97. The van der Waals surface area contributed by atoms with E-state index in [1.165, 1.54) is 18.2 Å². The lowest BCUT2D eigenvalue weighted by Crippen LogP contribution is -1.97. The van der Waals surface area contributed by atoms with E-state index in [2.05, 4.69) is 9.97 Å². The second-order valence-electron chi connectivity index (χ2n) is 4.89. The highest BCUT2D eigenvalue weighted by Gasteiger charge is 2.14. The summed E-state index contributed by atoms with van der Waals surface area (Å²) in [6.45, 7) is 3.59. The van der Waals surface area contributed by atoms with Crippen molar-refractivity contribution >= 4 is 22.5 Å². The molecule has 0 atom stereocenters. The van der Waals surface area contributed by atoms with Gasteiger partial charge in [0.15, 0.2) is 5.82 Å². The Labute approximate surface area is 125 Å². The van der Waals surface area contributed by atoms with Crippen molar-refractivity contribution in [3.8, 4) is 11.4 Å². The molecule has 0 amide bonds. The molecule has 1 aromatic heterocycles. The molecular weight excluding hydrogens is 294 g/mol. The summed E-state index contributed by atoms with van der Waals surface area (Å²) < 4.78 is 27.1. The van der Waals surface area contributed by atoms with Crippen LogP contribution in [0.4, 0.5) is 8.78 Å². The zero-order chi connectivity index (χ0) is 15.1. The van der Waals surface area contributed by atoms with Crippen molar-refractivity contribution in [2.45, 2.75) is 13.8 Å². The lowest BCUT2D eigenvalue weighted by atomic mass is 10.1. The topological polar surface area (TPSA) is 25.8 Å². The van der Waals surface area contributed by atoms with E-state index in [9.17, 15) is 8.78 Å².